The van der Waals surface area contributed by atoms with E-state index in [0.29, 0.717) is 6.61 Å². The maximum atomic E-state index is 5.02. The standard InChI is InChI=1S/C12H17N3OS/c1-10-8-15(9-11-4-3-7-17-11)12(14-10)13-5-6-16-2/h3-4,7-8H,5-6,9H2,1-2H3,(H,13,14). The fourth-order valence-corrected chi connectivity index (χ4v) is 2.35. The highest BCUT2D eigenvalue weighted by Gasteiger charge is 2.05. The number of anilines is 1. The van der Waals surface area contributed by atoms with Crippen LogP contribution in [0.1, 0.15) is 10.6 Å². The zero-order chi connectivity index (χ0) is 12.1. The van der Waals surface area contributed by atoms with Crippen LogP contribution in [0, 0.1) is 6.92 Å². The number of nitrogens with one attached hydrogen (secondary N) is 1. The molecule has 0 spiro atoms. The molecule has 2 rings (SSSR count). The molecule has 0 atom stereocenters. The number of nitrogens with zero attached hydrogens (tertiary/aromatic N) is 2. The predicted molar refractivity (Wildman–Crippen MR) is 70.8 cm³/mol. The number of methoxy groups -OCH3 is 1. The van der Waals surface area contributed by atoms with Gasteiger partial charge in [0.2, 0.25) is 5.95 Å². The number of ether oxygens (including phenoxy) is 1. The van der Waals surface area contributed by atoms with Crippen LogP contribution in [0.4, 0.5) is 5.95 Å². The third-order valence-electron chi connectivity index (χ3n) is 2.39. The molecular formula is C12H17N3OS. The Kier molecular flexibility index (Phi) is 4.17. The van der Waals surface area contributed by atoms with Crippen LogP contribution in [-0.2, 0) is 11.3 Å². The monoisotopic (exact) mass is 251 g/mol. The molecular weight excluding hydrogens is 234 g/mol. The Morgan fingerprint density at radius 1 is 1.53 bits per heavy atom. The van der Waals surface area contributed by atoms with Crippen molar-refractivity contribution in [1.29, 1.82) is 0 Å². The second-order valence-electron chi connectivity index (χ2n) is 3.83. The molecule has 0 aliphatic heterocycles. The molecule has 2 aromatic rings. The first-order valence-corrected chi connectivity index (χ1v) is 6.46. The quantitative estimate of drug-likeness (QED) is 0.801. The van der Waals surface area contributed by atoms with E-state index >= 15 is 0 Å². The van der Waals surface area contributed by atoms with Crippen molar-refractivity contribution >= 4 is 17.3 Å². The van der Waals surface area contributed by atoms with Gasteiger partial charge in [-0.2, -0.15) is 0 Å². The van der Waals surface area contributed by atoms with Gasteiger partial charge in [-0.25, -0.2) is 4.98 Å². The van der Waals surface area contributed by atoms with Crippen LogP contribution in [0.2, 0.25) is 0 Å². The van der Waals surface area contributed by atoms with Gasteiger partial charge >= 0.3 is 0 Å². The lowest BCUT2D eigenvalue weighted by atomic mass is 10.4. The number of thiophene rings is 1. The maximum absolute atomic E-state index is 5.02. The highest BCUT2D eigenvalue weighted by molar-refractivity contribution is 7.09. The minimum atomic E-state index is 0.685. The molecule has 92 valence electrons. The first-order valence-electron chi connectivity index (χ1n) is 5.58. The largest absolute Gasteiger partial charge is 0.383 e. The SMILES string of the molecule is COCCNc1nc(C)cn1Cc1cccs1. The molecule has 0 saturated heterocycles. The average Bonchev–Trinajstić information content (AvgIpc) is 2.90. The molecule has 0 fully saturated rings. The molecule has 0 aliphatic carbocycles. The van der Waals surface area contributed by atoms with E-state index in [2.05, 4.69) is 38.6 Å². The van der Waals surface area contributed by atoms with Crippen molar-refractivity contribution in [2.45, 2.75) is 13.5 Å². The number of hydrogen-bond acceptors (Lipinski definition) is 4. The van der Waals surface area contributed by atoms with Crippen molar-refractivity contribution in [3.05, 3.63) is 34.3 Å². The lowest BCUT2D eigenvalue weighted by Crippen LogP contribution is -2.12. The maximum Gasteiger partial charge on any atom is 0.203 e. The van der Waals surface area contributed by atoms with Gasteiger partial charge in [0.15, 0.2) is 0 Å². The second-order valence-corrected chi connectivity index (χ2v) is 4.86. The third kappa shape index (κ3) is 3.31. The Hall–Kier alpha value is -1.33. The Morgan fingerprint density at radius 2 is 2.41 bits per heavy atom. The van der Waals surface area contributed by atoms with Crippen LogP contribution in [0.5, 0.6) is 0 Å². The molecule has 4 nitrogen and oxygen atoms in total. The first kappa shape index (κ1) is 12.1. The van der Waals surface area contributed by atoms with E-state index in [-0.39, 0.29) is 0 Å². The smallest absolute Gasteiger partial charge is 0.203 e. The minimum Gasteiger partial charge on any atom is -0.383 e. The van der Waals surface area contributed by atoms with Crippen LogP contribution >= 0.6 is 11.3 Å². The Morgan fingerprint density at radius 3 is 3.12 bits per heavy atom. The van der Waals surface area contributed by atoms with Gasteiger partial charge in [-0.1, -0.05) is 6.07 Å². The summed E-state index contributed by atoms with van der Waals surface area (Å²) in [5.41, 5.74) is 1.03. The summed E-state index contributed by atoms with van der Waals surface area (Å²) < 4.78 is 7.15. The van der Waals surface area contributed by atoms with Gasteiger partial charge in [-0.15, -0.1) is 11.3 Å². The zero-order valence-electron chi connectivity index (χ0n) is 10.1. The van der Waals surface area contributed by atoms with E-state index in [4.69, 9.17) is 4.74 Å². The summed E-state index contributed by atoms with van der Waals surface area (Å²) in [6.07, 6.45) is 2.06. The van der Waals surface area contributed by atoms with Crippen molar-refractivity contribution in [3.8, 4) is 0 Å². The van der Waals surface area contributed by atoms with E-state index < -0.39 is 0 Å². The molecule has 0 bridgehead atoms. The summed E-state index contributed by atoms with van der Waals surface area (Å²) in [5, 5.41) is 5.37. The molecule has 0 aliphatic rings. The lowest BCUT2D eigenvalue weighted by molar-refractivity contribution is 0.210. The first-order chi connectivity index (χ1) is 8.29. The molecule has 0 amide bonds. The summed E-state index contributed by atoms with van der Waals surface area (Å²) in [6.45, 7) is 4.34. The molecule has 1 N–H and O–H groups in total. The van der Waals surface area contributed by atoms with Crippen molar-refractivity contribution in [3.63, 3.8) is 0 Å². The number of aryl methyl sites for hydroxylation is 1. The third-order valence-corrected chi connectivity index (χ3v) is 3.25. The van der Waals surface area contributed by atoms with E-state index in [1.807, 2.05) is 6.92 Å². The van der Waals surface area contributed by atoms with Gasteiger partial charge in [-0.05, 0) is 18.4 Å². The highest BCUT2D eigenvalue weighted by atomic mass is 32.1. The molecule has 17 heavy (non-hydrogen) atoms. The van der Waals surface area contributed by atoms with Gasteiger partial charge in [0, 0.05) is 24.7 Å². The fraction of sp³-hybridized carbons (Fsp3) is 0.417. The van der Waals surface area contributed by atoms with Gasteiger partial charge < -0.3 is 14.6 Å². The van der Waals surface area contributed by atoms with Gasteiger partial charge in [0.1, 0.15) is 0 Å². The number of aromatic nitrogens is 2. The summed E-state index contributed by atoms with van der Waals surface area (Å²) in [7, 11) is 1.70. The molecule has 0 radical (unpaired) electrons. The summed E-state index contributed by atoms with van der Waals surface area (Å²) in [6, 6.07) is 4.21. The average molecular weight is 251 g/mol. The van der Waals surface area contributed by atoms with Crippen LogP contribution in [-0.4, -0.2) is 29.8 Å². The van der Waals surface area contributed by atoms with Crippen LogP contribution in [0.3, 0.4) is 0 Å². The molecule has 2 heterocycles. The number of hydrogen-bond donors (Lipinski definition) is 1. The minimum absolute atomic E-state index is 0.685. The lowest BCUT2D eigenvalue weighted by Gasteiger charge is -2.08. The van der Waals surface area contributed by atoms with Gasteiger partial charge in [-0.3, -0.25) is 0 Å². The zero-order valence-corrected chi connectivity index (χ0v) is 11.0. The van der Waals surface area contributed by atoms with Gasteiger partial charge in [0.05, 0.1) is 18.8 Å². The van der Waals surface area contributed by atoms with Crippen molar-refractivity contribution in [1.82, 2.24) is 9.55 Å². The van der Waals surface area contributed by atoms with E-state index in [1.165, 1.54) is 4.88 Å². The summed E-state index contributed by atoms with van der Waals surface area (Å²) >= 11 is 1.76. The van der Waals surface area contributed by atoms with E-state index in [9.17, 15) is 0 Å². The van der Waals surface area contributed by atoms with Crippen molar-refractivity contribution in [2.75, 3.05) is 25.6 Å². The second kappa shape index (κ2) is 5.84. The fourth-order valence-electron chi connectivity index (χ4n) is 1.64. The topological polar surface area (TPSA) is 39.1 Å². The summed E-state index contributed by atoms with van der Waals surface area (Å²) in [5.74, 6) is 0.910. The number of imidazole rings is 1. The number of rotatable bonds is 6. The van der Waals surface area contributed by atoms with Crippen molar-refractivity contribution in [2.24, 2.45) is 0 Å². The van der Waals surface area contributed by atoms with Gasteiger partial charge in [0.25, 0.3) is 0 Å². The normalized spacial score (nSPS) is 10.7. The summed E-state index contributed by atoms with van der Waals surface area (Å²) in [4.78, 5) is 5.79. The van der Waals surface area contributed by atoms with Crippen LogP contribution in [0.25, 0.3) is 0 Å². The van der Waals surface area contributed by atoms with Crippen molar-refractivity contribution < 1.29 is 4.74 Å². The van der Waals surface area contributed by atoms with Crippen LogP contribution in [0.15, 0.2) is 23.7 Å². The Bertz CT molecular complexity index is 450. The molecule has 0 saturated carbocycles. The van der Waals surface area contributed by atoms with E-state index in [1.54, 1.807) is 18.4 Å². The molecule has 0 unspecified atom stereocenters. The van der Waals surface area contributed by atoms with Crippen LogP contribution < -0.4 is 5.32 Å². The molecule has 2 aromatic heterocycles. The Balaban J connectivity index is 2.05. The molecule has 5 heteroatoms. The predicted octanol–water partition coefficient (Wildman–Crippen LogP) is 2.36. The van der Waals surface area contributed by atoms with E-state index in [0.717, 1.165) is 24.7 Å². The Labute approximate surface area is 105 Å². The molecule has 0 aromatic carbocycles. The highest BCUT2D eigenvalue weighted by Crippen LogP contribution is 2.15.